The van der Waals surface area contributed by atoms with Crippen LogP contribution in [0.25, 0.3) is 10.9 Å². The smallest absolute Gasteiger partial charge is 0.152 e. The largest absolute Gasteiger partial charge is 0.475 e. The van der Waals surface area contributed by atoms with Crippen molar-refractivity contribution < 1.29 is 4.74 Å². The lowest BCUT2D eigenvalue weighted by molar-refractivity contribution is 0.0441. The van der Waals surface area contributed by atoms with E-state index in [1.807, 2.05) is 12.3 Å². The van der Waals surface area contributed by atoms with Gasteiger partial charge in [0.25, 0.3) is 0 Å². The second-order valence-corrected chi connectivity index (χ2v) is 6.28. The number of hydrogen-bond acceptors (Lipinski definition) is 4. The number of piperidine rings is 1. The summed E-state index contributed by atoms with van der Waals surface area (Å²) in [5, 5.41) is 4.67. The highest BCUT2D eigenvalue weighted by Crippen LogP contribution is 2.35. The van der Waals surface area contributed by atoms with E-state index in [0.29, 0.717) is 12.8 Å². The molecule has 2 aromatic rings. The number of ether oxygens (including phenoxy) is 1. The summed E-state index contributed by atoms with van der Waals surface area (Å²) in [6.45, 7) is 6.12. The molecule has 2 aliphatic rings. The van der Waals surface area contributed by atoms with Gasteiger partial charge in [-0.2, -0.15) is 0 Å². The fraction of sp³-hybridized carbons (Fsp3) is 0.500. The second kappa shape index (κ2) is 5.86. The molecule has 2 aliphatic heterocycles. The Morgan fingerprint density at radius 2 is 2.23 bits per heavy atom. The SMILES string of the molecule is CCc1cc2c(c3ncccc13)OCN(C1CCNCC1)C2. The molecule has 1 fully saturated rings. The Bertz CT molecular complexity index is 679. The number of aryl methyl sites for hydroxylation is 1. The van der Waals surface area contributed by atoms with Crippen LogP contribution in [0.4, 0.5) is 0 Å². The maximum Gasteiger partial charge on any atom is 0.152 e. The second-order valence-electron chi connectivity index (χ2n) is 6.28. The third kappa shape index (κ3) is 2.36. The van der Waals surface area contributed by atoms with Crippen LogP contribution in [0.3, 0.4) is 0 Å². The quantitative estimate of drug-likeness (QED) is 0.925. The Balaban J connectivity index is 1.71. The number of aromatic nitrogens is 1. The molecule has 0 unspecified atom stereocenters. The first kappa shape index (κ1) is 14.0. The Hall–Kier alpha value is -1.65. The van der Waals surface area contributed by atoms with Crippen molar-refractivity contribution in [3.8, 4) is 5.75 Å². The van der Waals surface area contributed by atoms with Crippen molar-refractivity contribution in [2.24, 2.45) is 0 Å². The average Bonchev–Trinajstić information content (AvgIpc) is 2.61. The minimum atomic E-state index is 0.638. The lowest BCUT2D eigenvalue weighted by Crippen LogP contribution is -2.45. The molecule has 0 saturated carbocycles. The molecule has 3 heterocycles. The van der Waals surface area contributed by atoms with E-state index in [-0.39, 0.29) is 0 Å². The van der Waals surface area contributed by atoms with Gasteiger partial charge >= 0.3 is 0 Å². The number of hydrogen-bond donors (Lipinski definition) is 1. The predicted octanol–water partition coefficient (Wildman–Crippen LogP) is 2.70. The zero-order valence-electron chi connectivity index (χ0n) is 13.1. The van der Waals surface area contributed by atoms with E-state index >= 15 is 0 Å². The van der Waals surface area contributed by atoms with Gasteiger partial charge < -0.3 is 10.1 Å². The maximum absolute atomic E-state index is 6.15. The molecule has 1 aromatic heterocycles. The van der Waals surface area contributed by atoms with Crippen LogP contribution in [-0.2, 0) is 13.0 Å². The van der Waals surface area contributed by atoms with E-state index in [2.05, 4.69) is 34.3 Å². The zero-order chi connectivity index (χ0) is 14.9. The fourth-order valence-corrected chi connectivity index (χ4v) is 3.74. The molecule has 0 spiro atoms. The summed E-state index contributed by atoms with van der Waals surface area (Å²) in [6.07, 6.45) is 5.32. The summed E-state index contributed by atoms with van der Waals surface area (Å²) in [4.78, 5) is 7.07. The van der Waals surface area contributed by atoms with Crippen LogP contribution in [0.1, 0.15) is 30.9 Å². The number of nitrogens with zero attached hydrogens (tertiary/aromatic N) is 2. The van der Waals surface area contributed by atoms with Gasteiger partial charge in [-0.05, 0) is 44.0 Å². The standard InChI is InChI=1S/C18H23N3O/c1-2-13-10-14-11-21(15-5-8-19-9-6-15)12-22-18(14)17-16(13)4-3-7-20-17/h3-4,7,10,15,19H,2,5-6,8-9,11-12H2,1H3. The Morgan fingerprint density at radius 1 is 1.36 bits per heavy atom. The molecule has 1 aromatic carbocycles. The molecule has 0 aliphatic carbocycles. The molecule has 0 atom stereocenters. The van der Waals surface area contributed by atoms with Crippen molar-refractivity contribution in [2.75, 3.05) is 19.8 Å². The first-order valence-corrected chi connectivity index (χ1v) is 8.34. The van der Waals surface area contributed by atoms with Gasteiger partial charge in [0.1, 0.15) is 12.2 Å². The lowest BCUT2D eigenvalue weighted by Gasteiger charge is -2.37. The average molecular weight is 297 g/mol. The zero-order valence-corrected chi connectivity index (χ0v) is 13.1. The molecule has 4 heteroatoms. The molecule has 22 heavy (non-hydrogen) atoms. The summed E-state index contributed by atoms with van der Waals surface area (Å²) < 4.78 is 6.15. The van der Waals surface area contributed by atoms with Crippen molar-refractivity contribution in [1.82, 2.24) is 15.2 Å². The molecule has 0 bridgehead atoms. The molecule has 1 N–H and O–H groups in total. The monoisotopic (exact) mass is 297 g/mol. The molecule has 116 valence electrons. The summed E-state index contributed by atoms with van der Waals surface area (Å²) in [6, 6.07) is 7.13. The molecule has 4 rings (SSSR count). The normalized spacial score (nSPS) is 19.9. The van der Waals surface area contributed by atoms with Gasteiger partial charge in [0.05, 0.1) is 0 Å². The van der Waals surface area contributed by atoms with Crippen molar-refractivity contribution in [3.05, 3.63) is 35.5 Å². The highest BCUT2D eigenvalue weighted by atomic mass is 16.5. The van der Waals surface area contributed by atoms with E-state index in [1.165, 1.54) is 29.4 Å². The molecule has 1 saturated heterocycles. The third-order valence-corrected chi connectivity index (χ3v) is 4.96. The van der Waals surface area contributed by atoms with Gasteiger partial charge in [-0.15, -0.1) is 0 Å². The van der Waals surface area contributed by atoms with E-state index in [4.69, 9.17) is 4.74 Å². The molecule has 0 amide bonds. The number of rotatable bonds is 2. The number of nitrogens with one attached hydrogen (secondary N) is 1. The van der Waals surface area contributed by atoms with Gasteiger partial charge in [-0.25, -0.2) is 0 Å². The van der Waals surface area contributed by atoms with Gasteiger partial charge in [0, 0.05) is 29.7 Å². The highest BCUT2D eigenvalue weighted by Gasteiger charge is 2.27. The van der Waals surface area contributed by atoms with Crippen LogP contribution >= 0.6 is 0 Å². The lowest BCUT2D eigenvalue weighted by atomic mass is 9.98. The van der Waals surface area contributed by atoms with Gasteiger partial charge in [0.15, 0.2) is 5.75 Å². The number of fused-ring (bicyclic) bond motifs is 3. The Kier molecular flexibility index (Phi) is 3.72. The summed E-state index contributed by atoms with van der Waals surface area (Å²) >= 11 is 0. The van der Waals surface area contributed by atoms with Crippen LogP contribution < -0.4 is 10.1 Å². The van der Waals surface area contributed by atoms with Crippen molar-refractivity contribution in [1.29, 1.82) is 0 Å². The third-order valence-electron chi connectivity index (χ3n) is 4.96. The topological polar surface area (TPSA) is 37.4 Å². The number of benzene rings is 1. The Morgan fingerprint density at radius 3 is 3.05 bits per heavy atom. The number of pyridine rings is 1. The summed E-state index contributed by atoms with van der Waals surface area (Å²) in [5.41, 5.74) is 3.70. The minimum absolute atomic E-state index is 0.638. The first-order valence-electron chi connectivity index (χ1n) is 8.34. The van der Waals surface area contributed by atoms with Crippen LogP contribution in [0, 0.1) is 0 Å². The van der Waals surface area contributed by atoms with E-state index in [1.54, 1.807) is 0 Å². The van der Waals surface area contributed by atoms with Crippen molar-refractivity contribution in [3.63, 3.8) is 0 Å². The van der Waals surface area contributed by atoms with Crippen LogP contribution in [0.5, 0.6) is 5.75 Å². The molecular formula is C18H23N3O. The van der Waals surface area contributed by atoms with E-state index in [9.17, 15) is 0 Å². The van der Waals surface area contributed by atoms with E-state index < -0.39 is 0 Å². The fourth-order valence-electron chi connectivity index (χ4n) is 3.74. The molecular weight excluding hydrogens is 274 g/mol. The summed E-state index contributed by atoms with van der Waals surface area (Å²) in [5.74, 6) is 0.998. The van der Waals surface area contributed by atoms with Crippen LogP contribution in [0.15, 0.2) is 24.4 Å². The predicted molar refractivity (Wildman–Crippen MR) is 88.1 cm³/mol. The van der Waals surface area contributed by atoms with Gasteiger partial charge in [-0.1, -0.05) is 19.1 Å². The van der Waals surface area contributed by atoms with Gasteiger partial charge in [0.2, 0.25) is 0 Å². The summed E-state index contributed by atoms with van der Waals surface area (Å²) in [7, 11) is 0. The highest BCUT2D eigenvalue weighted by molar-refractivity contribution is 5.89. The van der Waals surface area contributed by atoms with Crippen molar-refractivity contribution in [2.45, 2.75) is 38.8 Å². The van der Waals surface area contributed by atoms with Gasteiger partial charge in [-0.3, -0.25) is 9.88 Å². The molecule has 0 radical (unpaired) electrons. The van der Waals surface area contributed by atoms with Crippen molar-refractivity contribution >= 4 is 10.9 Å². The van der Waals surface area contributed by atoms with Crippen LogP contribution in [0.2, 0.25) is 0 Å². The maximum atomic E-state index is 6.15. The minimum Gasteiger partial charge on any atom is -0.475 e. The Labute approximate surface area is 131 Å². The molecule has 4 nitrogen and oxygen atoms in total. The van der Waals surface area contributed by atoms with E-state index in [0.717, 1.165) is 37.3 Å². The first-order chi connectivity index (χ1) is 10.9. The van der Waals surface area contributed by atoms with Crippen LogP contribution in [-0.4, -0.2) is 35.7 Å².